The van der Waals surface area contributed by atoms with E-state index in [2.05, 4.69) is 9.88 Å². The fourth-order valence-corrected chi connectivity index (χ4v) is 3.93. The summed E-state index contributed by atoms with van der Waals surface area (Å²) in [5.41, 5.74) is 0.860. The summed E-state index contributed by atoms with van der Waals surface area (Å²) in [6.45, 7) is 1.36. The predicted octanol–water partition coefficient (Wildman–Crippen LogP) is 2.26. The molecule has 1 unspecified atom stereocenters. The lowest BCUT2D eigenvalue weighted by Crippen LogP contribution is -2.42. The number of hydrogen-bond acceptors (Lipinski definition) is 5. The Morgan fingerprint density at radius 1 is 1.27 bits per heavy atom. The molecule has 0 amide bonds. The fourth-order valence-electron chi connectivity index (χ4n) is 2.89. The van der Waals surface area contributed by atoms with Crippen LogP contribution in [0.1, 0.15) is 12.8 Å². The largest absolute Gasteiger partial charge is 0.497 e. The Balaban J connectivity index is 1.92. The lowest BCUT2D eigenvalue weighted by atomic mass is 10.1. The van der Waals surface area contributed by atoms with Crippen LogP contribution in [0.25, 0.3) is 10.9 Å². The topological polar surface area (TPSA) is 59.5 Å². The second kappa shape index (κ2) is 5.76. The Morgan fingerprint density at radius 3 is 2.77 bits per heavy atom. The number of pyridine rings is 1. The van der Waals surface area contributed by atoms with Crippen LogP contribution in [0.5, 0.6) is 5.75 Å². The third-order valence-corrected chi connectivity index (χ3v) is 5.79. The molecule has 6 heteroatoms. The first kappa shape index (κ1) is 15.1. The molecule has 0 aliphatic carbocycles. The molecule has 118 valence electrons. The fraction of sp³-hybridized carbons (Fsp3) is 0.438. The maximum Gasteiger partial charge on any atom is 0.152 e. The summed E-state index contributed by atoms with van der Waals surface area (Å²) in [6, 6.07) is 9.75. The van der Waals surface area contributed by atoms with E-state index in [9.17, 15) is 8.42 Å². The summed E-state index contributed by atoms with van der Waals surface area (Å²) in [5.74, 6) is 1.60. The minimum Gasteiger partial charge on any atom is -0.497 e. The van der Waals surface area contributed by atoms with Crippen LogP contribution in [0.3, 0.4) is 0 Å². The SMILES string of the molecule is COc1ccc2ccc(N3CCCC(S(C)(=O)=O)C3)nc2c1. The summed E-state index contributed by atoms with van der Waals surface area (Å²) in [4.78, 5) is 6.74. The second-order valence-corrected chi connectivity index (χ2v) is 8.09. The van der Waals surface area contributed by atoms with Gasteiger partial charge in [0.2, 0.25) is 0 Å². The minimum atomic E-state index is -3.01. The van der Waals surface area contributed by atoms with Gasteiger partial charge >= 0.3 is 0 Å². The van der Waals surface area contributed by atoms with Gasteiger partial charge in [0.25, 0.3) is 0 Å². The molecule has 1 aliphatic heterocycles. The highest BCUT2D eigenvalue weighted by molar-refractivity contribution is 7.91. The molecule has 1 aromatic carbocycles. The molecular weight excluding hydrogens is 300 g/mol. The maximum atomic E-state index is 11.8. The van der Waals surface area contributed by atoms with E-state index in [0.29, 0.717) is 6.54 Å². The zero-order valence-corrected chi connectivity index (χ0v) is 13.6. The van der Waals surface area contributed by atoms with E-state index in [0.717, 1.165) is 41.9 Å². The van der Waals surface area contributed by atoms with Gasteiger partial charge in [0.1, 0.15) is 11.6 Å². The van der Waals surface area contributed by atoms with Gasteiger partial charge in [-0.1, -0.05) is 0 Å². The van der Waals surface area contributed by atoms with Crippen LogP contribution in [0, 0.1) is 0 Å². The van der Waals surface area contributed by atoms with Gasteiger partial charge < -0.3 is 9.64 Å². The van der Waals surface area contributed by atoms with Crippen LogP contribution >= 0.6 is 0 Å². The van der Waals surface area contributed by atoms with E-state index in [4.69, 9.17) is 4.74 Å². The van der Waals surface area contributed by atoms with Crippen molar-refractivity contribution in [2.24, 2.45) is 0 Å². The van der Waals surface area contributed by atoms with E-state index in [1.807, 2.05) is 30.3 Å². The van der Waals surface area contributed by atoms with Crippen molar-refractivity contribution in [1.82, 2.24) is 4.98 Å². The summed E-state index contributed by atoms with van der Waals surface area (Å²) in [6.07, 6.45) is 2.92. The molecule has 0 saturated carbocycles. The van der Waals surface area contributed by atoms with E-state index >= 15 is 0 Å². The molecule has 1 aliphatic rings. The summed E-state index contributed by atoms with van der Waals surface area (Å²) < 4.78 is 28.8. The van der Waals surface area contributed by atoms with Crippen LogP contribution < -0.4 is 9.64 Å². The number of ether oxygens (including phenoxy) is 1. The molecule has 1 atom stereocenters. The van der Waals surface area contributed by atoms with Crippen molar-refractivity contribution in [1.29, 1.82) is 0 Å². The third kappa shape index (κ3) is 3.02. The molecule has 22 heavy (non-hydrogen) atoms. The molecule has 0 N–H and O–H groups in total. The summed E-state index contributed by atoms with van der Waals surface area (Å²) in [7, 11) is -1.38. The molecule has 3 rings (SSSR count). The Kier molecular flexibility index (Phi) is 3.95. The number of anilines is 1. The number of methoxy groups -OCH3 is 1. The number of nitrogens with zero attached hydrogens (tertiary/aromatic N) is 2. The number of benzene rings is 1. The predicted molar refractivity (Wildman–Crippen MR) is 88.4 cm³/mol. The molecule has 0 spiro atoms. The normalized spacial score (nSPS) is 19.4. The van der Waals surface area contributed by atoms with E-state index in [1.54, 1.807) is 7.11 Å². The number of fused-ring (bicyclic) bond motifs is 1. The lowest BCUT2D eigenvalue weighted by molar-refractivity contribution is 0.415. The molecule has 1 saturated heterocycles. The van der Waals surface area contributed by atoms with Crippen molar-refractivity contribution in [2.45, 2.75) is 18.1 Å². The van der Waals surface area contributed by atoms with Crippen molar-refractivity contribution in [3.63, 3.8) is 0 Å². The standard InChI is InChI=1S/C16H20N2O3S/c1-21-13-7-5-12-6-8-16(17-15(12)10-13)18-9-3-4-14(11-18)22(2,19)20/h5-8,10,14H,3-4,9,11H2,1-2H3. The molecule has 5 nitrogen and oxygen atoms in total. The van der Waals surface area contributed by atoms with Gasteiger partial charge in [0, 0.05) is 30.8 Å². The van der Waals surface area contributed by atoms with E-state index in [-0.39, 0.29) is 5.25 Å². The van der Waals surface area contributed by atoms with Crippen LogP contribution in [0.15, 0.2) is 30.3 Å². The quantitative estimate of drug-likeness (QED) is 0.868. The van der Waals surface area contributed by atoms with Crippen LogP contribution in [-0.4, -0.2) is 45.1 Å². The second-order valence-electron chi connectivity index (χ2n) is 5.77. The monoisotopic (exact) mass is 320 g/mol. The summed E-state index contributed by atoms with van der Waals surface area (Å²) >= 11 is 0. The van der Waals surface area contributed by atoms with Crippen molar-refractivity contribution >= 4 is 26.6 Å². The van der Waals surface area contributed by atoms with Gasteiger partial charge in [-0.05, 0) is 37.1 Å². The maximum absolute atomic E-state index is 11.8. The number of sulfone groups is 1. The van der Waals surface area contributed by atoms with Crippen LogP contribution in [0.2, 0.25) is 0 Å². The highest BCUT2D eigenvalue weighted by atomic mass is 32.2. The molecular formula is C16H20N2O3S. The highest BCUT2D eigenvalue weighted by Gasteiger charge is 2.28. The number of piperidine rings is 1. The first-order chi connectivity index (χ1) is 10.5. The number of rotatable bonds is 3. The molecule has 0 bridgehead atoms. The van der Waals surface area contributed by atoms with Crippen LogP contribution in [0.4, 0.5) is 5.82 Å². The first-order valence-electron chi connectivity index (χ1n) is 7.36. The Bertz CT molecular complexity index is 789. The molecule has 2 aromatic rings. The molecule has 1 fully saturated rings. The average Bonchev–Trinajstić information content (AvgIpc) is 2.53. The van der Waals surface area contributed by atoms with Crippen molar-refractivity contribution in [3.05, 3.63) is 30.3 Å². The smallest absolute Gasteiger partial charge is 0.152 e. The zero-order chi connectivity index (χ0) is 15.7. The van der Waals surface area contributed by atoms with Gasteiger partial charge in [-0.25, -0.2) is 13.4 Å². The van der Waals surface area contributed by atoms with E-state index in [1.165, 1.54) is 6.26 Å². The lowest BCUT2D eigenvalue weighted by Gasteiger charge is -2.32. The molecule has 2 heterocycles. The average molecular weight is 320 g/mol. The van der Waals surface area contributed by atoms with Gasteiger partial charge in [0.15, 0.2) is 9.84 Å². The number of hydrogen-bond donors (Lipinski definition) is 0. The third-order valence-electron chi connectivity index (χ3n) is 4.19. The van der Waals surface area contributed by atoms with Gasteiger partial charge in [-0.15, -0.1) is 0 Å². The highest BCUT2D eigenvalue weighted by Crippen LogP contribution is 2.25. The van der Waals surface area contributed by atoms with Crippen LogP contribution in [-0.2, 0) is 9.84 Å². The van der Waals surface area contributed by atoms with Crippen molar-refractivity contribution in [3.8, 4) is 5.75 Å². The summed E-state index contributed by atoms with van der Waals surface area (Å²) in [5, 5.41) is 0.741. The Hall–Kier alpha value is -1.82. The number of aromatic nitrogens is 1. The van der Waals surface area contributed by atoms with Crippen molar-refractivity contribution in [2.75, 3.05) is 31.4 Å². The van der Waals surface area contributed by atoms with Gasteiger partial charge in [-0.3, -0.25) is 0 Å². The Morgan fingerprint density at radius 2 is 2.05 bits per heavy atom. The first-order valence-corrected chi connectivity index (χ1v) is 9.31. The van der Waals surface area contributed by atoms with Gasteiger partial charge in [-0.2, -0.15) is 0 Å². The molecule has 1 aromatic heterocycles. The van der Waals surface area contributed by atoms with Gasteiger partial charge in [0.05, 0.1) is 17.9 Å². The zero-order valence-electron chi connectivity index (χ0n) is 12.8. The van der Waals surface area contributed by atoms with E-state index < -0.39 is 9.84 Å². The van der Waals surface area contributed by atoms with Crippen molar-refractivity contribution < 1.29 is 13.2 Å². The molecule has 0 radical (unpaired) electrons. The minimum absolute atomic E-state index is 0.302. The Labute approximate surface area is 130 Å².